The van der Waals surface area contributed by atoms with Gasteiger partial charge in [-0.1, -0.05) is 12.1 Å². The first kappa shape index (κ1) is 17.2. The number of piperidine rings is 1. The van der Waals surface area contributed by atoms with Crippen molar-refractivity contribution in [1.29, 1.82) is 0 Å². The molecule has 0 aromatic heterocycles. The predicted molar refractivity (Wildman–Crippen MR) is 82.8 cm³/mol. The summed E-state index contributed by atoms with van der Waals surface area (Å²) in [4.78, 5) is 24.7. The van der Waals surface area contributed by atoms with Crippen LogP contribution in [0.25, 0.3) is 0 Å². The molecule has 0 spiro atoms. The first-order valence-corrected chi connectivity index (χ1v) is 7.82. The molecule has 0 atom stereocenters. The molecule has 1 heterocycles. The second kappa shape index (κ2) is 7.94. The number of carboxylic acids is 1. The van der Waals surface area contributed by atoms with Gasteiger partial charge in [0.2, 0.25) is 5.91 Å². The summed E-state index contributed by atoms with van der Waals surface area (Å²) >= 11 is 0. The summed E-state index contributed by atoms with van der Waals surface area (Å²) in [7, 11) is 1.41. The van der Waals surface area contributed by atoms with Crippen molar-refractivity contribution in [2.75, 3.05) is 20.2 Å². The highest BCUT2D eigenvalue weighted by Gasteiger charge is 2.24. The van der Waals surface area contributed by atoms with E-state index >= 15 is 0 Å². The summed E-state index contributed by atoms with van der Waals surface area (Å²) in [5.74, 6) is -0.885. The number of ether oxygens (including phenoxy) is 1. The van der Waals surface area contributed by atoms with Crippen LogP contribution in [0, 0.1) is 11.7 Å². The Hall–Kier alpha value is -2.11. The molecule has 0 saturated carbocycles. The number of likely N-dealkylation sites (tertiary alicyclic amines) is 1. The first-order valence-electron chi connectivity index (χ1n) is 7.82. The number of nitrogens with zero attached hydrogens (tertiary/aromatic N) is 1. The van der Waals surface area contributed by atoms with E-state index in [1.807, 2.05) is 0 Å². The molecule has 0 radical (unpaired) electrons. The van der Waals surface area contributed by atoms with Gasteiger partial charge in [0, 0.05) is 25.9 Å². The van der Waals surface area contributed by atoms with E-state index in [1.54, 1.807) is 23.1 Å². The minimum absolute atomic E-state index is 0.0130. The van der Waals surface area contributed by atoms with Crippen LogP contribution in [0.5, 0.6) is 5.75 Å². The lowest BCUT2D eigenvalue weighted by atomic mass is 9.93. The van der Waals surface area contributed by atoms with Crippen molar-refractivity contribution in [2.45, 2.75) is 32.1 Å². The Morgan fingerprint density at radius 3 is 2.65 bits per heavy atom. The van der Waals surface area contributed by atoms with Crippen LogP contribution in [0.1, 0.15) is 31.2 Å². The van der Waals surface area contributed by atoms with E-state index in [0.717, 1.165) is 0 Å². The smallest absolute Gasteiger partial charge is 0.303 e. The minimum Gasteiger partial charge on any atom is -0.494 e. The number of aryl methyl sites for hydroxylation is 1. The summed E-state index contributed by atoms with van der Waals surface area (Å²) in [6, 6.07) is 4.91. The second-order valence-electron chi connectivity index (χ2n) is 5.86. The molecule has 1 amide bonds. The third-order valence-electron chi connectivity index (χ3n) is 4.30. The van der Waals surface area contributed by atoms with Crippen molar-refractivity contribution < 1.29 is 23.8 Å². The van der Waals surface area contributed by atoms with Crippen molar-refractivity contribution >= 4 is 11.9 Å². The molecular formula is C17H22FNO4. The number of carbonyl (C=O) groups excluding carboxylic acids is 1. The van der Waals surface area contributed by atoms with Crippen LogP contribution in [0.15, 0.2) is 18.2 Å². The van der Waals surface area contributed by atoms with Crippen molar-refractivity contribution in [3.05, 3.63) is 29.6 Å². The van der Waals surface area contributed by atoms with Gasteiger partial charge in [-0.15, -0.1) is 0 Å². The Morgan fingerprint density at radius 1 is 1.35 bits per heavy atom. The van der Waals surface area contributed by atoms with Gasteiger partial charge in [-0.25, -0.2) is 4.39 Å². The lowest BCUT2D eigenvalue weighted by Gasteiger charge is -2.31. The zero-order valence-corrected chi connectivity index (χ0v) is 13.3. The van der Waals surface area contributed by atoms with Gasteiger partial charge < -0.3 is 14.7 Å². The van der Waals surface area contributed by atoms with E-state index in [1.165, 1.54) is 7.11 Å². The van der Waals surface area contributed by atoms with Gasteiger partial charge in [0.05, 0.1) is 7.11 Å². The number of hydrogen-bond acceptors (Lipinski definition) is 3. The van der Waals surface area contributed by atoms with Crippen LogP contribution >= 0.6 is 0 Å². The van der Waals surface area contributed by atoms with E-state index in [4.69, 9.17) is 9.84 Å². The third-order valence-corrected chi connectivity index (χ3v) is 4.30. The summed E-state index contributed by atoms with van der Waals surface area (Å²) in [5, 5.41) is 8.79. The third kappa shape index (κ3) is 4.68. The average molecular weight is 323 g/mol. The van der Waals surface area contributed by atoms with Gasteiger partial charge in [-0.2, -0.15) is 0 Å². The maximum atomic E-state index is 14.0. The number of rotatable bonds is 6. The summed E-state index contributed by atoms with van der Waals surface area (Å²) in [5.41, 5.74) is 0.471. The highest BCUT2D eigenvalue weighted by molar-refractivity contribution is 5.76. The molecule has 2 rings (SSSR count). The number of aliphatic carboxylic acids is 1. The highest BCUT2D eigenvalue weighted by atomic mass is 19.1. The Bertz CT molecular complexity index is 568. The first-order chi connectivity index (χ1) is 11.0. The molecule has 1 saturated heterocycles. The van der Waals surface area contributed by atoms with Gasteiger partial charge in [0.15, 0.2) is 11.6 Å². The average Bonchev–Trinajstić information content (AvgIpc) is 2.53. The van der Waals surface area contributed by atoms with E-state index in [-0.39, 0.29) is 30.4 Å². The van der Waals surface area contributed by atoms with Gasteiger partial charge in [-0.3, -0.25) is 9.59 Å². The fraction of sp³-hybridized carbons (Fsp3) is 0.529. The van der Waals surface area contributed by atoms with Crippen LogP contribution in [-0.2, 0) is 16.0 Å². The molecule has 5 nitrogen and oxygen atoms in total. The number of amides is 1. The van der Waals surface area contributed by atoms with Gasteiger partial charge in [0.1, 0.15) is 0 Å². The van der Waals surface area contributed by atoms with Crippen LogP contribution in [0.3, 0.4) is 0 Å². The lowest BCUT2D eigenvalue weighted by molar-refractivity contribution is -0.138. The molecule has 126 valence electrons. The number of hydrogen-bond donors (Lipinski definition) is 1. The largest absolute Gasteiger partial charge is 0.494 e. The summed E-state index contributed by atoms with van der Waals surface area (Å²) < 4.78 is 19.0. The molecule has 1 N–H and O–H groups in total. The molecule has 0 aliphatic carbocycles. The molecule has 1 aromatic rings. The number of carbonyl (C=O) groups is 2. The fourth-order valence-electron chi connectivity index (χ4n) is 2.94. The quantitative estimate of drug-likeness (QED) is 0.873. The maximum absolute atomic E-state index is 14.0. The van der Waals surface area contributed by atoms with E-state index in [9.17, 15) is 14.0 Å². The zero-order valence-electron chi connectivity index (χ0n) is 13.3. The van der Waals surface area contributed by atoms with E-state index < -0.39 is 11.8 Å². The van der Waals surface area contributed by atoms with Gasteiger partial charge in [-0.05, 0) is 36.8 Å². The molecule has 1 aromatic carbocycles. The number of methoxy groups -OCH3 is 1. The number of halogens is 1. The molecule has 6 heteroatoms. The maximum Gasteiger partial charge on any atom is 0.303 e. The SMILES string of the molecule is COc1cccc(CCC(=O)N2CCC(CC(=O)O)CC2)c1F. The lowest BCUT2D eigenvalue weighted by Crippen LogP contribution is -2.39. The molecule has 0 unspecified atom stereocenters. The highest BCUT2D eigenvalue weighted by Crippen LogP contribution is 2.23. The topological polar surface area (TPSA) is 66.8 Å². The summed E-state index contributed by atoms with van der Waals surface area (Å²) in [6.45, 7) is 1.16. The summed E-state index contributed by atoms with van der Waals surface area (Å²) in [6.07, 6.45) is 2.17. The second-order valence-corrected chi connectivity index (χ2v) is 5.86. The number of benzene rings is 1. The molecule has 1 fully saturated rings. The molecule has 0 bridgehead atoms. The van der Waals surface area contributed by atoms with Crippen molar-refractivity contribution in [3.8, 4) is 5.75 Å². The Morgan fingerprint density at radius 2 is 2.04 bits per heavy atom. The van der Waals surface area contributed by atoms with E-state index in [0.29, 0.717) is 37.9 Å². The Kier molecular flexibility index (Phi) is 5.96. The van der Waals surface area contributed by atoms with Crippen LogP contribution < -0.4 is 4.74 Å². The van der Waals surface area contributed by atoms with Crippen molar-refractivity contribution in [2.24, 2.45) is 5.92 Å². The van der Waals surface area contributed by atoms with Crippen LogP contribution in [0.2, 0.25) is 0 Å². The molecule has 1 aliphatic rings. The van der Waals surface area contributed by atoms with Gasteiger partial charge >= 0.3 is 5.97 Å². The van der Waals surface area contributed by atoms with E-state index in [2.05, 4.69) is 0 Å². The van der Waals surface area contributed by atoms with Crippen molar-refractivity contribution in [1.82, 2.24) is 4.90 Å². The van der Waals surface area contributed by atoms with Crippen LogP contribution in [-0.4, -0.2) is 42.1 Å². The standard InChI is InChI=1S/C17H22FNO4/c1-23-14-4-2-3-13(17(14)18)5-6-15(20)19-9-7-12(8-10-19)11-16(21)22/h2-4,12H,5-11H2,1H3,(H,21,22). The number of carboxylic acid groups (broad SMARTS) is 1. The fourth-order valence-corrected chi connectivity index (χ4v) is 2.94. The molecule has 1 aliphatic heterocycles. The molecule has 23 heavy (non-hydrogen) atoms. The van der Waals surface area contributed by atoms with Gasteiger partial charge in [0.25, 0.3) is 0 Å². The van der Waals surface area contributed by atoms with Crippen LogP contribution in [0.4, 0.5) is 4.39 Å². The Labute approximate surface area is 135 Å². The molecular weight excluding hydrogens is 301 g/mol. The monoisotopic (exact) mass is 323 g/mol. The Balaban J connectivity index is 1.83. The van der Waals surface area contributed by atoms with Crippen molar-refractivity contribution in [3.63, 3.8) is 0 Å². The normalized spacial score (nSPS) is 15.5. The zero-order chi connectivity index (χ0) is 16.8. The minimum atomic E-state index is -0.789. The predicted octanol–water partition coefficient (Wildman–Crippen LogP) is 2.48.